The molecule has 24 heavy (non-hydrogen) atoms. The molecule has 0 aromatic heterocycles. The van der Waals surface area contributed by atoms with Crippen molar-refractivity contribution >= 4 is 8.96 Å². The highest BCUT2D eigenvalue weighted by Gasteiger charge is 2.36. The van der Waals surface area contributed by atoms with E-state index in [4.69, 9.17) is 6.00 Å². The zero-order valence-electron chi connectivity index (χ0n) is 17.1. The summed E-state index contributed by atoms with van der Waals surface area (Å²) in [4.78, 5) is 0. The van der Waals surface area contributed by atoms with Gasteiger partial charge in [-0.25, -0.2) is 0 Å². The van der Waals surface area contributed by atoms with Crippen LogP contribution in [0.25, 0.3) is 0 Å². The Morgan fingerprint density at radius 2 is 1.38 bits per heavy atom. The first-order valence-corrected chi connectivity index (χ1v) is 12.2. The molecule has 0 N–H and O–H groups in total. The van der Waals surface area contributed by atoms with Crippen LogP contribution in [0.4, 0.5) is 0 Å². The molecule has 0 heterocycles. The standard InChI is InChI=1S/C23H42Si/c1-7-16(2)20-10-8-17(3)22(12-20)14-23-13-21(11-9-18(23)4)19(5)15-24-6/h6,16-23H,7-15H2,1-5H3. The predicted octanol–water partition coefficient (Wildman–Crippen LogP) is 6.88. The fourth-order valence-corrected chi connectivity index (χ4v) is 6.37. The smallest absolute Gasteiger partial charge is 0.0114 e. The quantitative estimate of drug-likeness (QED) is 0.460. The summed E-state index contributed by atoms with van der Waals surface area (Å²) in [7, 11) is 0.643. The van der Waals surface area contributed by atoms with Gasteiger partial charge in [0.15, 0.2) is 0 Å². The molecule has 0 saturated heterocycles. The van der Waals surface area contributed by atoms with E-state index in [-0.39, 0.29) is 0 Å². The third-order valence-corrected chi connectivity index (χ3v) is 8.98. The van der Waals surface area contributed by atoms with Crippen LogP contribution < -0.4 is 0 Å². The Balaban J connectivity index is 1.95. The largest absolute Gasteiger partial charge is 0.158 e. The molecule has 2 aliphatic carbocycles. The molecule has 0 bridgehead atoms. The lowest BCUT2D eigenvalue weighted by molar-refractivity contribution is 0.0826. The molecule has 8 atom stereocenters. The Hall–Kier alpha value is -0.00312. The van der Waals surface area contributed by atoms with Crippen LogP contribution in [0.5, 0.6) is 0 Å². The topological polar surface area (TPSA) is 0 Å². The first-order chi connectivity index (χ1) is 11.5. The van der Waals surface area contributed by atoms with Crippen molar-refractivity contribution in [3.05, 3.63) is 0 Å². The van der Waals surface area contributed by atoms with Gasteiger partial charge in [0, 0.05) is 0 Å². The Morgan fingerprint density at radius 1 is 0.875 bits per heavy atom. The Morgan fingerprint density at radius 3 is 1.83 bits per heavy atom. The molecule has 8 unspecified atom stereocenters. The van der Waals surface area contributed by atoms with Gasteiger partial charge in [-0.3, -0.25) is 0 Å². The molecular weight excluding hydrogens is 304 g/mol. The third kappa shape index (κ3) is 5.25. The summed E-state index contributed by atoms with van der Waals surface area (Å²) in [5, 5.41) is 0. The average Bonchev–Trinajstić information content (AvgIpc) is 2.58. The molecule has 2 fully saturated rings. The predicted molar refractivity (Wildman–Crippen MR) is 109 cm³/mol. The van der Waals surface area contributed by atoms with E-state index in [1.807, 2.05) is 0 Å². The van der Waals surface area contributed by atoms with Crippen LogP contribution in [0.15, 0.2) is 0 Å². The molecule has 0 aliphatic heterocycles. The zero-order chi connectivity index (χ0) is 17.7. The van der Waals surface area contributed by atoms with Crippen molar-refractivity contribution in [3.8, 4) is 6.00 Å². The summed E-state index contributed by atoms with van der Waals surface area (Å²) in [6.45, 7) is 12.4. The summed E-state index contributed by atoms with van der Waals surface area (Å²) in [6.07, 6.45) is 11.8. The second-order valence-corrected chi connectivity index (χ2v) is 10.4. The number of hydrogen-bond donors (Lipinski definition) is 0. The molecule has 0 nitrogen and oxygen atoms in total. The van der Waals surface area contributed by atoms with Crippen LogP contribution in [0.1, 0.15) is 86.0 Å². The highest BCUT2D eigenvalue weighted by atomic mass is 28.2. The molecule has 0 aromatic rings. The van der Waals surface area contributed by atoms with Crippen molar-refractivity contribution in [3.63, 3.8) is 0 Å². The summed E-state index contributed by atoms with van der Waals surface area (Å²) >= 11 is 0. The summed E-state index contributed by atoms with van der Waals surface area (Å²) in [5.74, 6) is 7.62. The monoisotopic (exact) mass is 346 g/mol. The van der Waals surface area contributed by atoms with Gasteiger partial charge in [0.05, 0.1) is 0 Å². The molecule has 2 rings (SSSR count). The van der Waals surface area contributed by atoms with E-state index in [9.17, 15) is 0 Å². The van der Waals surface area contributed by atoms with Gasteiger partial charge < -0.3 is 0 Å². The second-order valence-electron chi connectivity index (χ2n) is 9.63. The minimum absolute atomic E-state index is 0.643. The van der Waals surface area contributed by atoms with Crippen molar-refractivity contribution in [1.82, 2.24) is 0 Å². The lowest BCUT2D eigenvalue weighted by Gasteiger charge is -2.43. The lowest BCUT2D eigenvalue weighted by atomic mass is 9.63. The van der Waals surface area contributed by atoms with E-state index in [1.54, 1.807) is 0 Å². The molecule has 0 spiro atoms. The number of hydrogen-bond acceptors (Lipinski definition) is 0. The van der Waals surface area contributed by atoms with Gasteiger partial charge in [-0.2, -0.15) is 6.00 Å². The Kier molecular flexibility index (Phi) is 8.15. The molecular formula is C23H42Si. The van der Waals surface area contributed by atoms with E-state index in [1.165, 1.54) is 57.4 Å². The molecule has 1 heteroatoms. The van der Waals surface area contributed by atoms with Crippen LogP contribution in [0.3, 0.4) is 0 Å². The highest BCUT2D eigenvalue weighted by molar-refractivity contribution is 6.21. The highest BCUT2D eigenvalue weighted by Crippen LogP contribution is 2.46. The van der Waals surface area contributed by atoms with Crippen LogP contribution in [0.2, 0.25) is 6.04 Å². The summed E-state index contributed by atoms with van der Waals surface area (Å²) in [6, 6.07) is 7.10. The van der Waals surface area contributed by atoms with Crippen molar-refractivity contribution in [1.29, 1.82) is 0 Å². The molecule has 2 aliphatic rings. The van der Waals surface area contributed by atoms with Crippen LogP contribution in [-0.4, -0.2) is 8.96 Å². The maximum Gasteiger partial charge on any atom is -0.0114 e. The second kappa shape index (κ2) is 9.63. The SMILES string of the molecule is C#[Si]CC(C)C1CCC(C)C(CC2CC(C(C)CC)CCC2C)C1. The van der Waals surface area contributed by atoms with Crippen molar-refractivity contribution < 1.29 is 0 Å². The van der Waals surface area contributed by atoms with Gasteiger partial charge in [0.2, 0.25) is 0 Å². The summed E-state index contributed by atoms with van der Waals surface area (Å²) in [5.41, 5.74) is 0. The van der Waals surface area contributed by atoms with Crippen molar-refractivity contribution in [2.45, 2.75) is 92.0 Å². The van der Waals surface area contributed by atoms with Gasteiger partial charge in [-0.1, -0.05) is 53.9 Å². The van der Waals surface area contributed by atoms with Gasteiger partial charge in [0.1, 0.15) is 0 Å². The number of rotatable bonds is 6. The fraction of sp³-hybridized carbons (Fsp3) is 0.957. The average molecular weight is 347 g/mol. The maximum atomic E-state index is 5.85. The lowest BCUT2D eigenvalue weighted by Crippen LogP contribution is -2.32. The maximum absolute atomic E-state index is 5.85. The van der Waals surface area contributed by atoms with Crippen molar-refractivity contribution in [2.24, 2.45) is 47.3 Å². The van der Waals surface area contributed by atoms with Gasteiger partial charge >= 0.3 is 0 Å². The van der Waals surface area contributed by atoms with Crippen LogP contribution in [-0.2, 0) is 0 Å². The van der Waals surface area contributed by atoms with E-state index >= 15 is 0 Å². The van der Waals surface area contributed by atoms with Crippen molar-refractivity contribution in [2.75, 3.05) is 0 Å². The molecule has 0 aromatic carbocycles. The van der Waals surface area contributed by atoms with E-state index in [2.05, 4.69) is 34.6 Å². The van der Waals surface area contributed by atoms with Gasteiger partial charge in [-0.15, -0.1) is 0 Å². The molecule has 138 valence electrons. The van der Waals surface area contributed by atoms with Crippen LogP contribution in [0, 0.1) is 53.3 Å². The molecule has 0 amide bonds. The Bertz CT molecular complexity index is 409. The van der Waals surface area contributed by atoms with E-state index < -0.39 is 0 Å². The summed E-state index contributed by atoms with van der Waals surface area (Å²) < 4.78 is 0. The Labute approximate surface area is 154 Å². The molecule has 0 radical (unpaired) electrons. The zero-order valence-corrected chi connectivity index (χ0v) is 18.1. The minimum atomic E-state index is 0.643. The first-order valence-electron chi connectivity index (χ1n) is 10.9. The van der Waals surface area contributed by atoms with E-state index in [0.29, 0.717) is 8.96 Å². The van der Waals surface area contributed by atoms with E-state index in [0.717, 1.165) is 47.3 Å². The first kappa shape index (κ1) is 20.3. The van der Waals surface area contributed by atoms with Gasteiger partial charge in [-0.05, 0) is 94.5 Å². The third-order valence-electron chi connectivity index (χ3n) is 8.10. The normalized spacial score (nSPS) is 39.8. The van der Waals surface area contributed by atoms with Crippen LogP contribution >= 0.6 is 0 Å². The fourth-order valence-electron chi connectivity index (χ4n) is 5.67. The van der Waals surface area contributed by atoms with Gasteiger partial charge in [0.25, 0.3) is 0 Å². The molecule has 2 saturated carbocycles. The minimum Gasteiger partial charge on any atom is -0.158 e.